The normalized spacial score (nSPS) is 20.2. The van der Waals surface area contributed by atoms with Crippen molar-refractivity contribution in [2.75, 3.05) is 52.9 Å². The summed E-state index contributed by atoms with van der Waals surface area (Å²) in [6.07, 6.45) is 6.98. The lowest BCUT2D eigenvalue weighted by atomic mass is 10.2. The minimum absolute atomic E-state index is 0.0809. The van der Waals surface area contributed by atoms with E-state index in [1.54, 1.807) is 0 Å². The van der Waals surface area contributed by atoms with Crippen LogP contribution in [0.2, 0.25) is 0 Å². The number of nitrogens with zero attached hydrogens (tertiary/aromatic N) is 6. The van der Waals surface area contributed by atoms with Gasteiger partial charge in [-0.2, -0.15) is 0 Å². The number of likely N-dealkylation sites (tertiary alicyclic amines) is 1. The molecule has 0 bridgehead atoms. The van der Waals surface area contributed by atoms with E-state index in [0.29, 0.717) is 12.2 Å². The van der Waals surface area contributed by atoms with Crippen molar-refractivity contribution in [1.29, 1.82) is 0 Å². The first-order valence-corrected chi connectivity index (χ1v) is 12.5. The van der Waals surface area contributed by atoms with Gasteiger partial charge in [-0.25, -0.2) is 4.98 Å². The number of carbonyl (C=O) groups is 1. The number of likely N-dealkylation sites (N-methyl/N-ethyl adjacent to an activating group) is 1. The summed E-state index contributed by atoms with van der Waals surface area (Å²) in [5, 5.41) is 3.12. The molecule has 5 heterocycles. The fourth-order valence-electron chi connectivity index (χ4n) is 5.13. The summed E-state index contributed by atoms with van der Waals surface area (Å²) < 4.78 is 2.10. The Kier molecular flexibility index (Phi) is 7.18. The monoisotopic (exact) mass is 461 g/mol. The molecule has 1 atom stereocenters. The molecule has 180 valence electrons. The molecule has 3 aromatic heterocycles. The molecule has 2 saturated heterocycles. The van der Waals surface area contributed by atoms with Crippen molar-refractivity contribution in [3.63, 3.8) is 0 Å². The van der Waals surface area contributed by atoms with Gasteiger partial charge >= 0.3 is 0 Å². The van der Waals surface area contributed by atoms with Gasteiger partial charge in [0.2, 0.25) is 0 Å². The predicted octanol–water partition coefficient (Wildman–Crippen LogP) is 2.43. The Morgan fingerprint density at radius 3 is 2.76 bits per heavy atom. The molecule has 1 N–H and O–H groups in total. The lowest BCUT2D eigenvalue weighted by Gasteiger charge is -2.32. The van der Waals surface area contributed by atoms with E-state index in [-0.39, 0.29) is 11.9 Å². The van der Waals surface area contributed by atoms with Crippen LogP contribution in [0.4, 0.5) is 0 Å². The van der Waals surface area contributed by atoms with E-state index in [1.807, 2.05) is 42.7 Å². The molecule has 0 saturated carbocycles. The second-order valence-electron chi connectivity index (χ2n) is 9.48. The van der Waals surface area contributed by atoms with Crippen molar-refractivity contribution in [2.24, 2.45) is 0 Å². The second kappa shape index (κ2) is 10.6. The number of rotatable bonds is 8. The molecule has 3 aromatic rings. The maximum Gasteiger partial charge on any atom is 0.272 e. The predicted molar refractivity (Wildman–Crippen MR) is 133 cm³/mol. The van der Waals surface area contributed by atoms with Gasteiger partial charge in [0.1, 0.15) is 5.82 Å². The molecule has 2 aliphatic rings. The topological polar surface area (TPSA) is 69.0 Å². The van der Waals surface area contributed by atoms with Crippen LogP contribution in [0.5, 0.6) is 0 Å². The van der Waals surface area contributed by atoms with Gasteiger partial charge in [0, 0.05) is 51.7 Å². The van der Waals surface area contributed by atoms with Crippen LogP contribution in [0.25, 0.3) is 5.52 Å². The molecule has 1 amide bonds. The maximum absolute atomic E-state index is 13.1. The van der Waals surface area contributed by atoms with Crippen LogP contribution in [0.15, 0.2) is 48.8 Å². The van der Waals surface area contributed by atoms with Gasteiger partial charge in [-0.1, -0.05) is 12.1 Å². The molecular weight excluding hydrogens is 426 g/mol. The quantitative estimate of drug-likeness (QED) is 0.520. The van der Waals surface area contributed by atoms with Crippen LogP contribution in [0.1, 0.15) is 47.3 Å². The lowest BCUT2D eigenvalue weighted by molar-refractivity contribution is 0.0946. The first-order valence-electron chi connectivity index (χ1n) is 12.5. The Labute approximate surface area is 201 Å². The van der Waals surface area contributed by atoms with E-state index in [9.17, 15) is 4.79 Å². The highest BCUT2D eigenvalue weighted by atomic mass is 16.1. The SMILES string of the molecule is CN1CCN(CCCNC(=O)c2nc([C@H]3CCCN3Cc3ccccn3)n3ccccc23)CC1. The lowest BCUT2D eigenvalue weighted by Crippen LogP contribution is -2.45. The van der Waals surface area contributed by atoms with Gasteiger partial charge in [-0.05, 0) is 63.7 Å². The van der Waals surface area contributed by atoms with E-state index in [4.69, 9.17) is 4.98 Å². The van der Waals surface area contributed by atoms with Crippen LogP contribution in [0, 0.1) is 0 Å². The first kappa shape index (κ1) is 23.0. The van der Waals surface area contributed by atoms with Crippen molar-refractivity contribution in [1.82, 2.24) is 34.4 Å². The van der Waals surface area contributed by atoms with E-state index in [2.05, 4.69) is 42.5 Å². The smallest absolute Gasteiger partial charge is 0.272 e. The Morgan fingerprint density at radius 2 is 1.94 bits per heavy atom. The molecule has 0 unspecified atom stereocenters. The van der Waals surface area contributed by atoms with Crippen molar-refractivity contribution >= 4 is 11.4 Å². The summed E-state index contributed by atoms with van der Waals surface area (Å²) in [6, 6.07) is 12.2. The van der Waals surface area contributed by atoms with E-state index >= 15 is 0 Å². The van der Waals surface area contributed by atoms with E-state index in [0.717, 1.165) is 82.1 Å². The number of amides is 1. The van der Waals surface area contributed by atoms with Crippen molar-refractivity contribution in [3.8, 4) is 0 Å². The number of carbonyl (C=O) groups excluding carboxylic acids is 1. The summed E-state index contributed by atoms with van der Waals surface area (Å²) in [5.74, 6) is 0.870. The summed E-state index contributed by atoms with van der Waals surface area (Å²) >= 11 is 0. The summed E-state index contributed by atoms with van der Waals surface area (Å²) in [7, 11) is 2.17. The highest BCUT2D eigenvalue weighted by Crippen LogP contribution is 2.33. The number of pyridine rings is 2. The molecule has 2 aliphatic heterocycles. The van der Waals surface area contributed by atoms with Crippen molar-refractivity contribution < 1.29 is 4.79 Å². The minimum atomic E-state index is -0.0809. The minimum Gasteiger partial charge on any atom is -0.351 e. The van der Waals surface area contributed by atoms with Gasteiger partial charge < -0.3 is 19.5 Å². The summed E-state index contributed by atoms with van der Waals surface area (Å²) in [4.78, 5) is 29.8. The Hall–Kier alpha value is -2.81. The summed E-state index contributed by atoms with van der Waals surface area (Å²) in [5.41, 5.74) is 2.47. The molecule has 0 radical (unpaired) electrons. The average molecular weight is 462 g/mol. The van der Waals surface area contributed by atoms with Crippen LogP contribution in [-0.4, -0.2) is 87.8 Å². The molecule has 8 heteroatoms. The van der Waals surface area contributed by atoms with Gasteiger partial charge in [0.05, 0.1) is 17.3 Å². The second-order valence-corrected chi connectivity index (χ2v) is 9.48. The average Bonchev–Trinajstić information content (AvgIpc) is 3.48. The number of piperazine rings is 1. The van der Waals surface area contributed by atoms with Gasteiger partial charge in [0.25, 0.3) is 5.91 Å². The third kappa shape index (κ3) is 5.14. The van der Waals surface area contributed by atoms with Crippen LogP contribution in [0.3, 0.4) is 0 Å². The number of hydrogen-bond donors (Lipinski definition) is 1. The van der Waals surface area contributed by atoms with Gasteiger partial charge in [-0.15, -0.1) is 0 Å². The zero-order valence-corrected chi connectivity index (χ0v) is 20.1. The molecule has 0 aromatic carbocycles. The number of imidazole rings is 1. The molecule has 2 fully saturated rings. The number of nitrogens with one attached hydrogen (secondary N) is 1. The third-order valence-corrected chi connectivity index (χ3v) is 7.08. The van der Waals surface area contributed by atoms with Crippen LogP contribution < -0.4 is 5.32 Å². The Bertz CT molecular complexity index is 1090. The van der Waals surface area contributed by atoms with Crippen molar-refractivity contribution in [3.05, 3.63) is 66.0 Å². The van der Waals surface area contributed by atoms with E-state index < -0.39 is 0 Å². The molecule has 34 heavy (non-hydrogen) atoms. The Morgan fingerprint density at radius 1 is 1.09 bits per heavy atom. The number of fused-ring (bicyclic) bond motifs is 1. The van der Waals surface area contributed by atoms with Crippen LogP contribution >= 0.6 is 0 Å². The zero-order chi connectivity index (χ0) is 23.3. The third-order valence-electron chi connectivity index (χ3n) is 7.08. The zero-order valence-electron chi connectivity index (χ0n) is 20.1. The largest absolute Gasteiger partial charge is 0.351 e. The standard InChI is InChI=1S/C26H35N7O/c1-30-16-18-31(19-17-30)13-7-12-28-26(34)24-22-9-3-5-15-33(22)25(29-24)23-10-6-14-32(23)20-21-8-2-4-11-27-21/h2-5,8-9,11,15,23H,6-7,10,12-14,16-20H2,1H3,(H,28,34)/t23-/m1/s1. The van der Waals surface area contributed by atoms with Crippen molar-refractivity contribution in [2.45, 2.75) is 31.8 Å². The fraction of sp³-hybridized carbons (Fsp3) is 0.500. The van der Waals surface area contributed by atoms with E-state index in [1.165, 1.54) is 0 Å². The molecular formula is C26H35N7O. The summed E-state index contributed by atoms with van der Waals surface area (Å²) in [6.45, 7) is 7.95. The highest BCUT2D eigenvalue weighted by Gasteiger charge is 2.31. The molecule has 0 aliphatic carbocycles. The number of aromatic nitrogens is 3. The Balaban J connectivity index is 1.26. The van der Waals surface area contributed by atoms with Gasteiger partial charge in [-0.3, -0.25) is 14.7 Å². The van der Waals surface area contributed by atoms with Gasteiger partial charge in [0.15, 0.2) is 5.69 Å². The highest BCUT2D eigenvalue weighted by molar-refractivity contribution is 5.99. The molecule has 5 rings (SSSR count). The fourth-order valence-corrected chi connectivity index (χ4v) is 5.13. The number of hydrogen-bond acceptors (Lipinski definition) is 6. The maximum atomic E-state index is 13.1. The molecule has 0 spiro atoms. The van der Waals surface area contributed by atoms with Crippen LogP contribution in [-0.2, 0) is 6.54 Å². The molecule has 8 nitrogen and oxygen atoms in total. The first-order chi connectivity index (χ1) is 16.7.